The van der Waals surface area contributed by atoms with E-state index in [9.17, 15) is 10.5 Å². The van der Waals surface area contributed by atoms with Crippen LogP contribution in [0, 0.1) is 27.3 Å². The minimum atomic E-state index is 0.163. The summed E-state index contributed by atoms with van der Waals surface area (Å²) >= 11 is 5.11. The van der Waals surface area contributed by atoms with E-state index in [-0.39, 0.29) is 21.6 Å². The van der Waals surface area contributed by atoms with E-state index < -0.39 is 0 Å². The Kier molecular flexibility index (Phi) is 4.13. The van der Waals surface area contributed by atoms with Crippen molar-refractivity contribution >= 4 is 24.3 Å². The number of nitrogens with zero attached hydrogens (tertiary/aromatic N) is 3. The predicted molar refractivity (Wildman–Crippen MR) is 84.4 cm³/mol. The molecule has 0 aliphatic heterocycles. The van der Waals surface area contributed by atoms with Gasteiger partial charge in [0.15, 0.2) is 0 Å². The molecule has 0 saturated heterocycles. The van der Waals surface area contributed by atoms with Gasteiger partial charge in [-0.25, -0.2) is 0 Å². The summed E-state index contributed by atoms with van der Waals surface area (Å²) in [7, 11) is 1.69. The first-order chi connectivity index (χ1) is 10.1. The number of aliphatic imine (C=N–C) groups is 1. The third kappa shape index (κ3) is 2.66. The van der Waals surface area contributed by atoms with E-state index in [1.54, 1.807) is 13.3 Å². The standard InChI is InChI=1S/C15H11N5S/c1-19-8-9-2-4-10(5-3-9)13-11(6-16)14(18)20-15(21)12(13)7-17/h2-5,8H,1H3,(H3,18,20,21). The summed E-state index contributed by atoms with van der Waals surface area (Å²) in [5.41, 5.74) is 8.35. The molecule has 0 saturated carbocycles. The number of aromatic nitrogens is 1. The van der Waals surface area contributed by atoms with Gasteiger partial charge >= 0.3 is 0 Å². The molecule has 0 aliphatic carbocycles. The van der Waals surface area contributed by atoms with E-state index >= 15 is 0 Å². The third-order valence-electron chi connectivity index (χ3n) is 2.95. The van der Waals surface area contributed by atoms with E-state index in [1.165, 1.54) is 0 Å². The number of nitriles is 2. The maximum Gasteiger partial charge on any atom is 0.123 e. The third-order valence-corrected chi connectivity index (χ3v) is 3.25. The van der Waals surface area contributed by atoms with Crippen molar-refractivity contribution < 1.29 is 0 Å². The second-order valence-electron chi connectivity index (χ2n) is 4.23. The summed E-state index contributed by atoms with van der Waals surface area (Å²) in [5, 5.41) is 18.6. The lowest BCUT2D eigenvalue weighted by Crippen LogP contribution is -2.01. The molecule has 0 radical (unpaired) electrons. The van der Waals surface area contributed by atoms with Crippen molar-refractivity contribution in [1.29, 1.82) is 10.5 Å². The number of rotatable bonds is 2. The largest absolute Gasteiger partial charge is 0.384 e. The number of pyridine rings is 1. The minimum Gasteiger partial charge on any atom is -0.384 e. The molecule has 0 bridgehead atoms. The molecule has 0 unspecified atom stereocenters. The van der Waals surface area contributed by atoms with Gasteiger partial charge in [-0.3, -0.25) is 4.99 Å². The molecule has 2 aromatic rings. The number of nitrogens with two attached hydrogens (primary N) is 1. The van der Waals surface area contributed by atoms with Gasteiger partial charge in [-0.15, -0.1) is 0 Å². The van der Waals surface area contributed by atoms with Crippen molar-refractivity contribution in [2.24, 2.45) is 4.99 Å². The fraction of sp³-hybridized carbons (Fsp3) is 0.0667. The highest BCUT2D eigenvalue weighted by molar-refractivity contribution is 7.71. The minimum absolute atomic E-state index is 0.163. The average Bonchev–Trinajstić information content (AvgIpc) is 2.48. The Balaban J connectivity index is 2.76. The fourth-order valence-corrected chi connectivity index (χ4v) is 2.27. The molecule has 0 fully saturated rings. The average molecular weight is 293 g/mol. The normalized spacial score (nSPS) is 10.2. The van der Waals surface area contributed by atoms with Crippen molar-refractivity contribution in [3.63, 3.8) is 0 Å². The van der Waals surface area contributed by atoms with Gasteiger partial charge in [0.25, 0.3) is 0 Å². The van der Waals surface area contributed by atoms with Crippen LogP contribution >= 0.6 is 12.2 Å². The Hall–Kier alpha value is -2.96. The van der Waals surface area contributed by atoms with Crippen molar-refractivity contribution in [2.45, 2.75) is 0 Å². The van der Waals surface area contributed by atoms with Gasteiger partial charge in [0.2, 0.25) is 0 Å². The maximum absolute atomic E-state index is 9.30. The fourth-order valence-electron chi connectivity index (χ4n) is 2.02. The lowest BCUT2D eigenvalue weighted by Gasteiger charge is -2.09. The Bertz CT molecular complexity index is 848. The Morgan fingerprint density at radius 2 is 1.81 bits per heavy atom. The molecule has 5 nitrogen and oxygen atoms in total. The van der Waals surface area contributed by atoms with Crippen LogP contribution in [0.1, 0.15) is 16.7 Å². The summed E-state index contributed by atoms with van der Waals surface area (Å²) in [6.07, 6.45) is 1.71. The Labute approximate surface area is 127 Å². The van der Waals surface area contributed by atoms with Gasteiger partial charge < -0.3 is 10.7 Å². The van der Waals surface area contributed by atoms with Crippen LogP contribution < -0.4 is 5.73 Å². The molecule has 3 N–H and O–H groups in total. The number of H-pyrrole nitrogens is 1. The molecule has 1 heterocycles. The highest BCUT2D eigenvalue weighted by atomic mass is 32.1. The zero-order chi connectivity index (χ0) is 15.4. The van der Waals surface area contributed by atoms with Crippen LogP contribution in [0.2, 0.25) is 0 Å². The first-order valence-electron chi connectivity index (χ1n) is 6.01. The smallest absolute Gasteiger partial charge is 0.123 e. The summed E-state index contributed by atoms with van der Waals surface area (Å²) in [6.45, 7) is 0. The van der Waals surface area contributed by atoms with E-state index in [4.69, 9.17) is 18.0 Å². The molecule has 102 valence electrons. The summed E-state index contributed by atoms with van der Waals surface area (Å²) < 4.78 is 0.225. The molecule has 0 amide bonds. The van der Waals surface area contributed by atoms with Crippen molar-refractivity contribution in [3.05, 3.63) is 45.6 Å². The van der Waals surface area contributed by atoms with Gasteiger partial charge in [-0.2, -0.15) is 10.5 Å². The number of hydrogen-bond donors (Lipinski definition) is 2. The molecule has 6 heteroatoms. The van der Waals surface area contributed by atoms with Gasteiger partial charge in [0, 0.05) is 18.8 Å². The topological polar surface area (TPSA) is 102 Å². The lowest BCUT2D eigenvalue weighted by molar-refractivity contribution is 1.26. The highest BCUT2D eigenvalue weighted by Gasteiger charge is 2.16. The number of nitrogens with one attached hydrogen (secondary N) is 1. The quantitative estimate of drug-likeness (QED) is 0.656. The molecule has 21 heavy (non-hydrogen) atoms. The zero-order valence-corrected chi connectivity index (χ0v) is 12.0. The van der Waals surface area contributed by atoms with Crippen LogP contribution in [0.15, 0.2) is 29.3 Å². The summed E-state index contributed by atoms with van der Waals surface area (Å²) in [5.74, 6) is 0.163. The van der Waals surface area contributed by atoms with E-state index in [2.05, 4.69) is 9.98 Å². The van der Waals surface area contributed by atoms with Crippen LogP contribution in [-0.2, 0) is 0 Å². The molecule has 0 aliphatic rings. The van der Waals surface area contributed by atoms with Gasteiger partial charge in [0.1, 0.15) is 28.2 Å². The van der Waals surface area contributed by atoms with Crippen LogP contribution in [0.5, 0.6) is 0 Å². The zero-order valence-electron chi connectivity index (χ0n) is 11.2. The summed E-state index contributed by atoms with van der Waals surface area (Å²) in [6, 6.07) is 11.4. The van der Waals surface area contributed by atoms with Crippen molar-refractivity contribution in [3.8, 4) is 23.3 Å². The molecular weight excluding hydrogens is 282 g/mol. The predicted octanol–water partition coefficient (Wildman–Crippen LogP) is 2.79. The van der Waals surface area contributed by atoms with Crippen LogP contribution in [-0.4, -0.2) is 18.2 Å². The second-order valence-corrected chi connectivity index (χ2v) is 4.63. The first kappa shape index (κ1) is 14.4. The molecular formula is C15H11N5S. The molecule has 1 aromatic carbocycles. The molecule has 1 aromatic heterocycles. The summed E-state index contributed by atoms with van der Waals surface area (Å²) in [4.78, 5) is 6.61. The van der Waals surface area contributed by atoms with Crippen LogP contribution in [0.4, 0.5) is 5.82 Å². The monoisotopic (exact) mass is 293 g/mol. The Morgan fingerprint density at radius 1 is 1.19 bits per heavy atom. The van der Waals surface area contributed by atoms with Crippen molar-refractivity contribution in [1.82, 2.24) is 4.98 Å². The van der Waals surface area contributed by atoms with Gasteiger partial charge in [-0.05, 0) is 11.1 Å². The second kappa shape index (κ2) is 6.00. The van der Waals surface area contributed by atoms with Crippen molar-refractivity contribution in [2.75, 3.05) is 12.8 Å². The van der Waals surface area contributed by atoms with Gasteiger partial charge in [0.05, 0.1) is 5.56 Å². The highest BCUT2D eigenvalue weighted by Crippen LogP contribution is 2.30. The lowest BCUT2D eigenvalue weighted by atomic mass is 9.96. The molecule has 0 spiro atoms. The number of benzene rings is 1. The van der Waals surface area contributed by atoms with Crippen LogP contribution in [0.25, 0.3) is 11.1 Å². The maximum atomic E-state index is 9.30. The van der Waals surface area contributed by atoms with Crippen LogP contribution in [0.3, 0.4) is 0 Å². The number of hydrogen-bond acceptors (Lipinski definition) is 5. The number of anilines is 1. The number of nitrogen functional groups attached to an aromatic ring is 1. The molecule has 2 rings (SSSR count). The first-order valence-corrected chi connectivity index (χ1v) is 6.41. The SMILES string of the molecule is CN=Cc1ccc(-c2c(C#N)c(N)[nH]c(=S)c2C#N)cc1. The molecule has 0 atom stereocenters. The van der Waals surface area contributed by atoms with E-state index in [0.717, 1.165) is 5.56 Å². The number of aromatic amines is 1. The van der Waals surface area contributed by atoms with Gasteiger partial charge in [-0.1, -0.05) is 36.5 Å². The Morgan fingerprint density at radius 3 is 2.33 bits per heavy atom. The van der Waals surface area contributed by atoms with E-state index in [1.807, 2.05) is 36.4 Å². The van der Waals surface area contributed by atoms with E-state index in [0.29, 0.717) is 11.1 Å².